The molecular formula is C47H54BrN5O3. The molecular weight excluding hydrogens is 762 g/mol. The number of halogens is 1. The van der Waals surface area contributed by atoms with E-state index < -0.39 is 0 Å². The normalized spacial score (nSPS) is 18.2. The van der Waals surface area contributed by atoms with Crippen LogP contribution < -0.4 is 9.47 Å². The molecule has 1 aliphatic heterocycles. The predicted octanol–water partition coefficient (Wildman–Crippen LogP) is 9.65. The molecule has 0 N–H and O–H groups in total. The Morgan fingerprint density at radius 3 is 2.50 bits per heavy atom. The second kappa shape index (κ2) is 18.0. The number of benzene rings is 3. The molecule has 8 nitrogen and oxygen atoms in total. The van der Waals surface area contributed by atoms with Gasteiger partial charge in [0, 0.05) is 60.0 Å². The first kappa shape index (κ1) is 39.5. The number of hydrogen-bond donors (Lipinski definition) is 0. The van der Waals surface area contributed by atoms with Crippen LogP contribution >= 0.6 is 15.9 Å². The Labute approximate surface area is 340 Å². The summed E-state index contributed by atoms with van der Waals surface area (Å²) in [5.41, 5.74) is 10.4. The fourth-order valence-corrected chi connectivity index (χ4v) is 9.72. The van der Waals surface area contributed by atoms with Crippen molar-refractivity contribution in [3.63, 3.8) is 0 Å². The van der Waals surface area contributed by atoms with Gasteiger partial charge in [0.15, 0.2) is 5.65 Å². The molecule has 9 heteroatoms. The molecule has 2 aliphatic rings. The van der Waals surface area contributed by atoms with E-state index in [0.29, 0.717) is 18.4 Å². The van der Waals surface area contributed by atoms with Crippen molar-refractivity contribution in [1.82, 2.24) is 24.4 Å². The summed E-state index contributed by atoms with van der Waals surface area (Å²) in [5, 5.41) is 9.00. The van der Waals surface area contributed by atoms with Crippen molar-refractivity contribution in [3.8, 4) is 11.5 Å². The molecule has 0 bridgehead atoms. The smallest absolute Gasteiger partial charge is 0.160 e. The molecule has 0 radical (unpaired) electrons. The van der Waals surface area contributed by atoms with E-state index in [9.17, 15) is 4.79 Å². The third-order valence-electron chi connectivity index (χ3n) is 12.1. The molecule has 3 heterocycles. The lowest BCUT2D eigenvalue weighted by Crippen LogP contribution is -2.44. The molecule has 56 heavy (non-hydrogen) atoms. The van der Waals surface area contributed by atoms with E-state index >= 15 is 0 Å². The first-order valence-electron chi connectivity index (χ1n) is 19.9. The van der Waals surface area contributed by atoms with E-state index in [4.69, 9.17) is 22.6 Å². The molecule has 3 unspecified atom stereocenters. The van der Waals surface area contributed by atoms with Gasteiger partial charge >= 0.3 is 0 Å². The molecule has 1 aliphatic carbocycles. The van der Waals surface area contributed by atoms with E-state index in [1.165, 1.54) is 46.4 Å². The number of nitrogens with zero attached hydrogens (tertiary/aromatic N) is 5. The van der Waals surface area contributed by atoms with Crippen molar-refractivity contribution < 1.29 is 14.3 Å². The third kappa shape index (κ3) is 8.49. The Hall–Kier alpha value is -4.73. The molecule has 1 fully saturated rings. The highest BCUT2D eigenvalue weighted by Gasteiger charge is 2.38. The number of ether oxygens (including phenoxy) is 2. The van der Waals surface area contributed by atoms with Crippen LogP contribution in [0, 0.1) is 11.8 Å². The molecule has 0 amide bonds. The maximum atomic E-state index is 12.0. The molecule has 2 aromatic heterocycles. The number of hydrogen-bond acceptors (Lipinski definition) is 7. The zero-order valence-corrected chi connectivity index (χ0v) is 34.6. The number of likely N-dealkylation sites (N-methyl/N-ethyl adjacent to an activating group) is 1. The van der Waals surface area contributed by atoms with Crippen LogP contribution in [0.15, 0.2) is 108 Å². The van der Waals surface area contributed by atoms with Gasteiger partial charge in [0.2, 0.25) is 0 Å². The van der Waals surface area contributed by atoms with Crippen LogP contribution in [-0.2, 0) is 32.2 Å². The molecule has 1 saturated carbocycles. The zero-order chi connectivity index (χ0) is 39.2. The summed E-state index contributed by atoms with van der Waals surface area (Å²) in [4.78, 5) is 17.0. The van der Waals surface area contributed by atoms with Gasteiger partial charge in [0.25, 0.3) is 0 Å². The zero-order valence-electron chi connectivity index (χ0n) is 33.1. The van der Waals surface area contributed by atoms with E-state index in [2.05, 4.69) is 71.6 Å². The van der Waals surface area contributed by atoms with Crippen LogP contribution in [0.3, 0.4) is 0 Å². The Bertz CT molecular complexity index is 2200. The maximum absolute atomic E-state index is 12.0. The topological polar surface area (TPSA) is 72.2 Å². The first-order chi connectivity index (χ1) is 27.3. The van der Waals surface area contributed by atoms with Crippen molar-refractivity contribution in [2.24, 2.45) is 11.8 Å². The number of fused-ring (bicyclic) bond motifs is 2. The third-order valence-corrected chi connectivity index (χ3v) is 12.9. The number of aryl methyl sites for hydroxylation is 3. The second-order valence-corrected chi connectivity index (χ2v) is 16.3. The van der Waals surface area contributed by atoms with Crippen LogP contribution in [0.25, 0.3) is 5.65 Å². The average Bonchev–Trinajstić information content (AvgIpc) is 3.65. The number of aldehydes is 1. The predicted molar refractivity (Wildman–Crippen MR) is 227 cm³/mol. The summed E-state index contributed by atoms with van der Waals surface area (Å²) in [6, 6.07) is 24.6. The van der Waals surface area contributed by atoms with Gasteiger partial charge in [-0.2, -0.15) is 0 Å². The van der Waals surface area contributed by atoms with Crippen LogP contribution in [0.5, 0.6) is 11.5 Å². The van der Waals surface area contributed by atoms with Crippen molar-refractivity contribution in [1.29, 1.82) is 0 Å². The summed E-state index contributed by atoms with van der Waals surface area (Å²) < 4.78 is 14.4. The lowest BCUT2D eigenvalue weighted by Gasteiger charge is -2.47. The maximum Gasteiger partial charge on any atom is 0.160 e. The van der Waals surface area contributed by atoms with Gasteiger partial charge in [-0.3, -0.25) is 14.1 Å². The fraction of sp³-hybridized carbons (Fsp3) is 0.383. The van der Waals surface area contributed by atoms with Crippen LogP contribution in [0.4, 0.5) is 0 Å². The van der Waals surface area contributed by atoms with Crippen LogP contribution in [0.1, 0.15) is 82.1 Å². The Balaban J connectivity index is 1.18. The number of carbonyl (C=O) groups excluding carboxylic acids is 1. The van der Waals surface area contributed by atoms with Gasteiger partial charge in [-0.15, -0.1) is 10.2 Å². The minimum Gasteiger partial charge on any atom is -0.497 e. The van der Waals surface area contributed by atoms with E-state index in [1.54, 1.807) is 14.2 Å². The van der Waals surface area contributed by atoms with E-state index in [1.807, 2.05) is 54.7 Å². The van der Waals surface area contributed by atoms with Crippen molar-refractivity contribution in [2.45, 2.75) is 70.4 Å². The summed E-state index contributed by atoms with van der Waals surface area (Å²) in [6.45, 7) is 12.1. The number of rotatable bonds is 16. The number of aromatic nitrogens is 3. The standard InChI is InChI=1S/C47H54BrN5O3/c1-32(17-18-34-19-22-38(55-4)28-44(34)56-5)39-14-8-9-15-40(39)33(2)52-27-25-41-42(48)23-20-35(21-24-46-50-49-45-16-10-11-26-53(45)46)47(41)43(52)30-51(3)29-36-12-6-7-13-37(36)31-54/h6-7,10-13,16,19-20,22-23,26,28,31,39-40,43H,1-2,8-9,14-15,17-18,21,24-25,27,29-30H2,3-5H3. The summed E-state index contributed by atoms with van der Waals surface area (Å²) >= 11 is 3.97. The lowest BCUT2D eigenvalue weighted by atomic mass is 9.72. The SMILES string of the molecule is C=C(CCc1ccc(OC)cc1OC)C1CCCCC1C(=C)N1CCc2c(Br)ccc(CCc3nnc4ccccn34)c2C1CN(C)Cc1ccccc1C=O. The summed E-state index contributed by atoms with van der Waals surface area (Å²) in [6.07, 6.45) is 12.0. The van der Waals surface area contributed by atoms with Gasteiger partial charge < -0.3 is 14.4 Å². The Kier molecular flexibility index (Phi) is 12.7. The highest BCUT2D eigenvalue weighted by atomic mass is 79.9. The van der Waals surface area contributed by atoms with Gasteiger partial charge in [-0.1, -0.05) is 90.0 Å². The van der Waals surface area contributed by atoms with Gasteiger partial charge in [0.05, 0.1) is 20.3 Å². The Morgan fingerprint density at radius 1 is 0.911 bits per heavy atom. The number of pyridine rings is 1. The molecule has 7 rings (SSSR count). The number of carbonyl (C=O) groups is 1. The quantitative estimate of drug-likeness (QED) is 0.0726. The molecule has 0 saturated heterocycles. The Morgan fingerprint density at radius 2 is 1.70 bits per heavy atom. The minimum atomic E-state index is 0.0710. The number of methoxy groups -OCH3 is 2. The average molecular weight is 817 g/mol. The summed E-state index contributed by atoms with van der Waals surface area (Å²) in [5.74, 6) is 3.30. The second-order valence-electron chi connectivity index (χ2n) is 15.4. The summed E-state index contributed by atoms with van der Waals surface area (Å²) in [7, 11) is 5.58. The molecule has 3 aromatic carbocycles. The molecule has 3 atom stereocenters. The lowest BCUT2D eigenvalue weighted by molar-refractivity contribution is 0.112. The highest BCUT2D eigenvalue weighted by Crippen LogP contribution is 2.46. The van der Waals surface area contributed by atoms with Gasteiger partial charge in [-0.05, 0) is 104 Å². The number of allylic oxidation sites excluding steroid dienone is 2. The van der Waals surface area contributed by atoms with Crippen LogP contribution in [-0.4, -0.2) is 65.0 Å². The van der Waals surface area contributed by atoms with E-state index in [0.717, 1.165) is 103 Å². The fourth-order valence-electron chi connectivity index (χ4n) is 9.17. The van der Waals surface area contributed by atoms with Crippen molar-refractivity contribution in [3.05, 3.63) is 147 Å². The largest absolute Gasteiger partial charge is 0.497 e. The van der Waals surface area contributed by atoms with Gasteiger partial charge in [0.1, 0.15) is 23.6 Å². The first-order valence-corrected chi connectivity index (χ1v) is 20.7. The van der Waals surface area contributed by atoms with E-state index in [-0.39, 0.29) is 6.04 Å². The molecule has 292 valence electrons. The van der Waals surface area contributed by atoms with Crippen molar-refractivity contribution >= 4 is 27.9 Å². The van der Waals surface area contributed by atoms with Crippen molar-refractivity contribution in [2.75, 3.05) is 34.4 Å². The molecule has 0 spiro atoms. The van der Waals surface area contributed by atoms with Crippen LogP contribution in [0.2, 0.25) is 0 Å². The monoisotopic (exact) mass is 815 g/mol. The molecule has 5 aromatic rings. The van der Waals surface area contributed by atoms with Gasteiger partial charge in [-0.25, -0.2) is 0 Å². The minimum absolute atomic E-state index is 0.0710. The highest BCUT2D eigenvalue weighted by molar-refractivity contribution is 9.10.